The number of para-hydroxylation sites is 2. The summed E-state index contributed by atoms with van der Waals surface area (Å²) in [5.41, 5.74) is 2.16. The molecule has 38 heavy (non-hydrogen) atoms. The van der Waals surface area contributed by atoms with Crippen molar-refractivity contribution < 1.29 is 27.5 Å². The smallest absolute Gasteiger partial charge is 0.263 e. The second kappa shape index (κ2) is 11.7. The fourth-order valence-electron chi connectivity index (χ4n) is 4.23. The summed E-state index contributed by atoms with van der Waals surface area (Å²) >= 11 is 0. The zero-order valence-electron chi connectivity index (χ0n) is 21.6. The lowest BCUT2D eigenvalue weighted by molar-refractivity contribution is -0.128. The number of nitrogens with one attached hydrogen (secondary N) is 1. The number of ether oxygens (including phenoxy) is 2. The fraction of sp³-hybridized carbons (Fsp3) is 0.286. The highest BCUT2D eigenvalue weighted by molar-refractivity contribution is 7.89. The van der Waals surface area contributed by atoms with Gasteiger partial charge in [-0.15, -0.1) is 0 Å². The molecule has 0 aliphatic carbocycles. The van der Waals surface area contributed by atoms with Crippen LogP contribution in [-0.4, -0.2) is 57.4 Å². The maximum atomic E-state index is 13.6. The van der Waals surface area contributed by atoms with E-state index in [0.717, 1.165) is 15.4 Å². The van der Waals surface area contributed by atoms with Crippen LogP contribution in [0, 0.1) is 6.92 Å². The van der Waals surface area contributed by atoms with Gasteiger partial charge in [-0.05, 0) is 42.3 Å². The van der Waals surface area contributed by atoms with Crippen molar-refractivity contribution in [3.8, 4) is 11.5 Å². The third-order valence-corrected chi connectivity index (χ3v) is 8.22. The second-order valence-electron chi connectivity index (χ2n) is 8.87. The lowest BCUT2D eigenvalue weighted by atomic mass is 10.1. The highest BCUT2D eigenvalue weighted by Gasteiger charge is 2.36. The van der Waals surface area contributed by atoms with E-state index in [4.69, 9.17) is 9.47 Å². The monoisotopic (exact) mass is 537 g/mol. The molecule has 2 amide bonds. The molecule has 3 aromatic rings. The van der Waals surface area contributed by atoms with Crippen molar-refractivity contribution in [2.24, 2.45) is 0 Å². The summed E-state index contributed by atoms with van der Waals surface area (Å²) in [5.74, 6) is -0.268. The van der Waals surface area contributed by atoms with E-state index in [0.29, 0.717) is 18.0 Å². The van der Waals surface area contributed by atoms with Crippen LogP contribution >= 0.6 is 0 Å². The number of carbonyl (C=O) groups is 2. The van der Waals surface area contributed by atoms with Gasteiger partial charge in [-0.25, -0.2) is 8.42 Å². The summed E-state index contributed by atoms with van der Waals surface area (Å²) in [6.07, 6.45) is -0.957. The van der Waals surface area contributed by atoms with E-state index in [1.165, 1.54) is 18.1 Å². The van der Waals surface area contributed by atoms with Crippen LogP contribution in [0.4, 0.5) is 5.69 Å². The number of amides is 2. The van der Waals surface area contributed by atoms with Gasteiger partial charge in [0, 0.05) is 13.1 Å². The number of hydrogen-bond donors (Lipinski definition) is 1. The first-order chi connectivity index (χ1) is 18.2. The van der Waals surface area contributed by atoms with E-state index in [1.807, 2.05) is 30.3 Å². The van der Waals surface area contributed by atoms with Gasteiger partial charge in [0.05, 0.1) is 25.9 Å². The Morgan fingerprint density at radius 1 is 1.08 bits per heavy atom. The maximum absolute atomic E-state index is 13.6. The average Bonchev–Trinajstić information content (AvgIpc) is 2.94. The molecule has 0 spiro atoms. The van der Waals surface area contributed by atoms with Crippen molar-refractivity contribution in [1.29, 1.82) is 0 Å². The Bertz CT molecular complexity index is 1410. The summed E-state index contributed by atoms with van der Waals surface area (Å²) in [6, 6.07) is 21.2. The molecule has 1 N–H and O–H groups in total. The molecule has 0 saturated carbocycles. The molecule has 0 unspecified atom stereocenters. The minimum atomic E-state index is -4.05. The fourth-order valence-corrected chi connectivity index (χ4v) is 5.87. The van der Waals surface area contributed by atoms with E-state index in [1.54, 1.807) is 50.2 Å². The van der Waals surface area contributed by atoms with Crippen LogP contribution < -0.4 is 19.7 Å². The van der Waals surface area contributed by atoms with E-state index in [9.17, 15) is 18.0 Å². The topological polar surface area (TPSA) is 105 Å². The van der Waals surface area contributed by atoms with Gasteiger partial charge in [-0.1, -0.05) is 55.5 Å². The molecular formula is C28H31N3O6S. The average molecular weight is 538 g/mol. The quantitative estimate of drug-likeness (QED) is 0.450. The number of aryl methyl sites for hydroxylation is 1. The van der Waals surface area contributed by atoms with Crippen LogP contribution in [0.1, 0.15) is 18.1 Å². The number of carbonyl (C=O) groups excluding carboxylic acids is 2. The summed E-state index contributed by atoms with van der Waals surface area (Å²) in [5, 5.41) is 2.85. The van der Waals surface area contributed by atoms with Gasteiger partial charge in [0.1, 0.15) is 16.4 Å². The first-order valence-corrected chi connectivity index (χ1v) is 13.7. The number of nitrogens with zero attached hydrogens (tertiary/aromatic N) is 2. The van der Waals surface area contributed by atoms with E-state index in [2.05, 4.69) is 5.32 Å². The summed E-state index contributed by atoms with van der Waals surface area (Å²) in [6.45, 7) is 3.37. The predicted octanol–water partition coefficient (Wildman–Crippen LogP) is 3.12. The standard InChI is InChI=1S/C28H31N3O6S/c1-4-30(38(34,35)26-16-20(2)14-15-24(26)36-3)19-27(32)31-18-25(37-23-13-9-8-12-22(23)31)28(33)29-17-21-10-6-5-7-11-21/h5-16,25H,4,17-19H2,1-3H3,(H,29,33)/t25-/m1/s1. The van der Waals surface area contributed by atoms with Crippen molar-refractivity contribution in [2.45, 2.75) is 31.4 Å². The minimum absolute atomic E-state index is 0.00445. The van der Waals surface area contributed by atoms with Crippen molar-refractivity contribution >= 4 is 27.5 Å². The molecule has 0 aromatic heterocycles. The summed E-state index contributed by atoms with van der Waals surface area (Å²) in [7, 11) is -2.64. The van der Waals surface area contributed by atoms with E-state index < -0.39 is 28.6 Å². The molecule has 0 fully saturated rings. The second-order valence-corrected chi connectivity index (χ2v) is 10.8. The Hall–Kier alpha value is -3.89. The van der Waals surface area contributed by atoms with Crippen LogP contribution in [-0.2, 0) is 26.2 Å². The van der Waals surface area contributed by atoms with Gasteiger partial charge in [0.25, 0.3) is 5.91 Å². The van der Waals surface area contributed by atoms with Crippen molar-refractivity contribution in [3.63, 3.8) is 0 Å². The maximum Gasteiger partial charge on any atom is 0.263 e. The molecule has 3 aromatic carbocycles. The molecule has 0 bridgehead atoms. The molecule has 4 rings (SSSR count). The third kappa shape index (κ3) is 5.81. The zero-order valence-corrected chi connectivity index (χ0v) is 22.4. The molecule has 10 heteroatoms. The van der Waals surface area contributed by atoms with E-state index in [-0.39, 0.29) is 29.6 Å². The van der Waals surface area contributed by atoms with Crippen molar-refractivity contribution in [3.05, 3.63) is 83.9 Å². The largest absolute Gasteiger partial charge is 0.495 e. The van der Waals surface area contributed by atoms with Crippen LogP contribution in [0.15, 0.2) is 77.7 Å². The lowest BCUT2D eigenvalue weighted by Crippen LogP contribution is -2.53. The predicted molar refractivity (Wildman–Crippen MR) is 144 cm³/mol. The Morgan fingerprint density at radius 3 is 2.50 bits per heavy atom. The van der Waals surface area contributed by atoms with Gasteiger partial charge >= 0.3 is 0 Å². The Kier molecular flexibility index (Phi) is 8.33. The normalized spacial score (nSPS) is 14.9. The molecule has 9 nitrogen and oxygen atoms in total. The zero-order chi connectivity index (χ0) is 27.3. The molecule has 1 heterocycles. The van der Waals surface area contributed by atoms with Gasteiger partial charge < -0.3 is 19.7 Å². The molecule has 1 aliphatic heterocycles. The number of hydrogen-bond acceptors (Lipinski definition) is 6. The highest BCUT2D eigenvalue weighted by Crippen LogP contribution is 2.34. The molecule has 0 saturated heterocycles. The number of methoxy groups -OCH3 is 1. The first-order valence-electron chi connectivity index (χ1n) is 12.3. The number of fused-ring (bicyclic) bond motifs is 1. The minimum Gasteiger partial charge on any atom is -0.495 e. The van der Waals surface area contributed by atoms with Gasteiger partial charge in [-0.3, -0.25) is 9.59 Å². The van der Waals surface area contributed by atoms with Crippen LogP contribution in [0.3, 0.4) is 0 Å². The van der Waals surface area contributed by atoms with Crippen molar-refractivity contribution in [1.82, 2.24) is 9.62 Å². The summed E-state index contributed by atoms with van der Waals surface area (Å²) < 4.78 is 39.4. The summed E-state index contributed by atoms with van der Waals surface area (Å²) in [4.78, 5) is 28.0. The van der Waals surface area contributed by atoms with Crippen LogP contribution in [0.5, 0.6) is 11.5 Å². The van der Waals surface area contributed by atoms with Gasteiger partial charge in [-0.2, -0.15) is 4.31 Å². The Balaban J connectivity index is 1.55. The third-order valence-electron chi connectivity index (χ3n) is 6.28. The van der Waals surface area contributed by atoms with Crippen molar-refractivity contribution in [2.75, 3.05) is 31.6 Å². The first kappa shape index (κ1) is 27.2. The number of rotatable bonds is 9. The van der Waals surface area contributed by atoms with Crippen LogP contribution in [0.25, 0.3) is 0 Å². The SMILES string of the molecule is CCN(CC(=O)N1C[C@H](C(=O)NCc2ccccc2)Oc2ccccc21)S(=O)(=O)c1cc(C)ccc1OC. The molecular weight excluding hydrogens is 506 g/mol. The van der Waals surface area contributed by atoms with E-state index >= 15 is 0 Å². The number of anilines is 1. The molecule has 0 radical (unpaired) electrons. The molecule has 1 aliphatic rings. The number of sulfonamides is 1. The highest BCUT2D eigenvalue weighted by atomic mass is 32.2. The Morgan fingerprint density at radius 2 is 1.79 bits per heavy atom. The Labute approximate surface area is 223 Å². The number of benzene rings is 3. The molecule has 200 valence electrons. The van der Waals surface area contributed by atoms with Crippen LogP contribution in [0.2, 0.25) is 0 Å². The van der Waals surface area contributed by atoms with Gasteiger partial charge in [0.2, 0.25) is 15.9 Å². The van der Waals surface area contributed by atoms with Gasteiger partial charge in [0.15, 0.2) is 6.10 Å². The molecule has 1 atom stereocenters. The lowest BCUT2D eigenvalue weighted by Gasteiger charge is -2.35. The number of likely N-dealkylation sites (N-methyl/N-ethyl adjacent to an activating group) is 1.